The van der Waals surface area contributed by atoms with Crippen LogP contribution in [0.15, 0.2) is 12.2 Å². The number of hydrogen-bond acceptors (Lipinski definition) is 6. The normalized spacial score (nSPS) is 20.1. The highest BCUT2D eigenvalue weighted by molar-refractivity contribution is 7.18. The zero-order valence-corrected chi connectivity index (χ0v) is 13.0. The van der Waals surface area contributed by atoms with Gasteiger partial charge < -0.3 is 20.9 Å². The third kappa shape index (κ3) is 3.19. The van der Waals surface area contributed by atoms with Gasteiger partial charge in [-0.2, -0.15) is 0 Å². The van der Waals surface area contributed by atoms with Crippen molar-refractivity contribution in [1.82, 2.24) is 15.2 Å². The lowest BCUT2D eigenvalue weighted by Gasteiger charge is -2.31. The van der Waals surface area contributed by atoms with Crippen LogP contribution in [0.3, 0.4) is 0 Å². The molecule has 1 aromatic rings. The molecule has 0 radical (unpaired) electrons. The van der Waals surface area contributed by atoms with E-state index in [9.17, 15) is 4.79 Å². The van der Waals surface area contributed by atoms with Gasteiger partial charge in [-0.1, -0.05) is 23.5 Å². The Kier molecular flexibility index (Phi) is 4.12. The lowest BCUT2D eigenvalue weighted by molar-refractivity contribution is 0.0944. The largest absolute Gasteiger partial charge is 0.382 e. The fourth-order valence-corrected chi connectivity index (χ4v) is 3.54. The summed E-state index contributed by atoms with van der Waals surface area (Å²) in [5.41, 5.74) is 5.94. The van der Waals surface area contributed by atoms with E-state index in [1.54, 1.807) is 0 Å². The van der Waals surface area contributed by atoms with Crippen molar-refractivity contribution in [3.8, 4) is 0 Å². The van der Waals surface area contributed by atoms with Crippen LogP contribution < -0.4 is 16.0 Å². The smallest absolute Gasteiger partial charge is 0.265 e. The molecule has 1 aliphatic carbocycles. The molecule has 3 rings (SSSR count). The number of carbonyl (C=O) groups is 1. The number of aromatic nitrogens is 1. The number of likely N-dealkylation sites (N-methyl/N-ethyl adjacent to an activating group) is 1. The fraction of sp³-hybridized carbons (Fsp3) is 0.571. The topological polar surface area (TPSA) is 74.5 Å². The Labute approximate surface area is 128 Å². The molecule has 1 aromatic heterocycles. The van der Waals surface area contributed by atoms with Gasteiger partial charge in [0, 0.05) is 32.2 Å². The number of thiazole rings is 1. The molecule has 2 aliphatic rings. The van der Waals surface area contributed by atoms with E-state index in [2.05, 4.69) is 39.3 Å². The van der Waals surface area contributed by atoms with E-state index in [0.717, 1.165) is 44.2 Å². The number of piperazine rings is 1. The predicted octanol–water partition coefficient (Wildman–Crippen LogP) is 0.925. The number of carbonyl (C=O) groups excluding carboxylic acids is 1. The first-order chi connectivity index (χ1) is 10.1. The molecule has 0 bridgehead atoms. The summed E-state index contributed by atoms with van der Waals surface area (Å²) in [6.45, 7) is 3.87. The molecular formula is C14H21N5OS. The Morgan fingerprint density at radius 1 is 1.33 bits per heavy atom. The van der Waals surface area contributed by atoms with Crippen LogP contribution in [0, 0.1) is 0 Å². The van der Waals surface area contributed by atoms with E-state index in [-0.39, 0.29) is 11.9 Å². The van der Waals surface area contributed by atoms with Gasteiger partial charge in [-0.15, -0.1) is 0 Å². The maximum Gasteiger partial charge on any atom is 0.265 e. The van der Waals surface area contributed by atoms with Crippen LogP contribution in [0.1, 0.15) is 22.5 Å². The zero-order valence-electron chi connectivity index (χ0n) is 12.2. The van der Waals surface area contributed by atoms with Crippen molar-refractivity contribution in [3.05, 3.63) is 17.0 Å². The maximum atomic E-state index is 12.3. The molecule has 3 N–H and O–H groups in total. The summed E-state index contributed by atoms with van der Waals surface area (Å²) in [6, 6.07) is 0.200. The molecule has 1 aliphatic heterocycles. The highest BCUT2D eigenvalue weighted by Gasteiger charge is 2.23. The molecule has 0 aromatic carbocycles. The highest BCUT2D eigenvalue weighted by Crippen LogP contribution is 2.29. The van der Waals surface area contributed by atoms with Gasteiger partial charge in [0.25, 0.3) is 5.91 Å². The van der Waals surface area contributed by atoms with Crippen molar-refractivity contribution in [2.75, 3.05) is 43.9 Å². The van der Waals surface area contributed by atoms with Gasteiger partial charge in [0.05, 0.1) is 0 Å². The summed E-state index contributed by atoms with van der Waals surface area (Å²) < 4.78 is 0. The molecule has 1 fully saturated rings. The first-order valence-corrected chi connectivity index (χ1v) is 8.11. The van der Waals surface area contributed by atoms with Gasteiger partial charge in [-0.05, 0) is 19.9 Å². The molecule has 21 heavy (non-hydrogen) atoms. The summed E-state index contributed by atoms with van der Waals surface area (Å²) in [6.07, 6.45) is 5.98. The first kappa shape index (κ1) is 14.3. The van der Waals surface area contributed by atoms with Crippen LogP contribution >= 0.6 is 11.3 Å². The summed E-state index contributed by atoms with van der Waals surface area (Å²) >= 11 is 1.40. The van der Waals surface area contributed by atoms with Crippen molar-refractivity contribution in [3.63, 3.8) is 0 Å². The molecule has 1 saturated heterocycles. The number of anilines is 2. The van der Waals surface area contributed by atoms with Gasteiger partial charge in [0.2, 0.25) is 0 Å². The van der Waals surface area contributed by atoms with Crippen LogP contribution in [0.5, 0.6) is 0 Å². The first-order valence-electron chi connectivity index (χ1n) is 7.29. The Morgan fingerprint density at radius 3 is 2.67 bits per heavy atom. The zero-order chi connectivity index (χ0) is 14.8. The van der Waals surface area contributed by atoms with E-state index in [1.807, 2.05) is 0 Å². The number of rotatable bonds is 3. The van der Waals surface area contributed by atoms with Crippen LogP contribution in [0.4, 0.5) is 10.9 Å². The van der Waals surface area contributed by atoms with E-state index >= 15 is 0 Å². The van der Waals surface area contributed by atoms with Crippen LogP contribution in [0.25, 0.3) is 0 Å². The number of nitrogens with one attached hydrogen (secondary N) is 1. The molecule has 2 heterocycles. The summed E-state index contributed by atoms with van der Waals surface area (Å²) in [4.78, 5) is 21.7. The van der Waals surface area contributed by atoms with Crippen molar-refractivity contribution in [2.45, 2.75) is 18.9 Å². The Morgan fingerprint density at radius 2 is 2.00 bits per heavy atom. The van der Waals surface area contributed by atoms with Crippen molar-refractivity contribution >= 4 is 28.2 Å². The van der Waals surface area contributed by atoms with Crippen molar-refractivity contribution in [2.24, 2.45) is 0 Å². The summed E-state index contributed by atoms with van der Waals surface area (Å²) in [5.74, 6) is 0.247. The van der Waals surface area contributed by atoms with Gasteiger partial charge in [0.1, 0.15) is 10.7 Å². The third-order valence-electron chi connectivity index (χ3n) is 3.97. The molecule has 7 heteroatoms. The fourth-order valence-electron chi connectivity index (χ4n) is 2.60. The average molecular weight is 307 g/mol. The molecule has 114 valence electrons. The monoisotopic (exact) mass is 307 g/mol. The van der Waals surface area contributed by atoms with Gasteiger partial charge in [0.15, 0.2) is 5.13 Å². The average Bonchev–Trinajstić information content (AvgIpc) is 3.09. The Balaban J connectivity index is 1.67. The SMILES string of the molecule is CN1CCN(c2nc(N)c(C(=O)NC3CC=CC3)s2)CC1. The van der Waals surface area contributed by atoms with Crippen LogP contribution in [-0.4, -0.2) is 55.1 Å². The highest BCUT2D eigenvalue weighted by atomic mass is 32.1. The molecular weight excluding hydrogens is 286 g/mol. The van der Waals surface area contributed by atoms with Crippen LogP contribution in [0.2, 0.25) is 0 Å². The van der Waals surface area contributed by atoms with Crippen LogP contribution in [-0.2, 0) is 0 Å². The van der Waals surface area contributed by atoms with Crippen molar-refractivity contribution < 1.29 is 4.79 Å². The third-order valence-corrected chi connectivity index (χ3v) is 5.10. The molecule has 6 nitrogen and oxygen atoms in total. The molecule has 1 amide bonds. The predicted molar refractivity (Wildman–Crippen MR) is 85.9 cm³/mol. The number of nitrogen functional groups attached to an aromatic ring is 1. The second-order valence-electron chi connectivity index (χ2n) is 5.61. The van der Waals surface area contributed by atoms with Gasteiger partial charge in [-0.25, -0.2) is 4.98 Å². The number of nitrogens with zero attached hydrogens (tertiary/aromatic N) is 3. The van der Waals surface area contributed by atoms with Crippen molar-refractivity contribution in [1.29, 1.82) is 0 Å². The standard InChI is InChI=1S/C14H21N5OS/c1-18-6-8-19(9-7-18)14-17-12(15)11(21-14)13(20)16-10-4-2-3-5-10/h2-3,10H,4-9,15H2,1H3,(H,16,20). The quantitative estimate of drug-likeness (QED) is 0.813. The minimum atomic E-state index is -0.0981. The van der Waals surface area contributed by atoms with E-state index in [4.69, 9.17) is 5.73 Å². The second kappa shape index (κ2) is 6.03. The van der Waals surface area contributed by atoms with E-state index < -0.39 is 0 Å². The molecule has 0 unspecified atom stereocenters. The number of amides is 1. The number of nitrogens with two attached hydrogens (primary N) is 1. The van der Waals surface area contributed by atoms with Gasteiger partial charge in [-0.3, -0.25) is 4.79 Å². The minimum Gasteiger partial charge on any atom is -0.382 e. The number of hydrogen-bond donors (Lipinski definition) is 2. The summed E-state index contributed by atoms with van der Waals surface area (Å²) in [5, 5.41) is 3.88. The van der Waals surface area contributed by atoms with Gasteiger partial charge >= 0.3 is 0 Å². The molecule has 0 saturated carbocycles. The Hall–Kier alpha value is -1.60. The lowest BCUT2D eigenvalue weighted by Crippen LogP contribution is -2.44. The summed E-state index contributed by atoms with van der Waals surface area (Å²) in [7, 11) is 2.11. The second-order valence-corrected chi connectivity index (χ2v) is 6.59. The minimum absolute atomic E-state index is 0.0981. The maximum absolute atomic E-state index is 12.3. The lowest BCUT2D eigenvalue weighted by atomic mass is 10.2. The van der Waals surface area contributed by atoms with E-state index in [0.29, 0.717) is 10.7 Å². The molecule has 0 atom stereocenters. The van der Waals surface area contributed by atoms with E-state index in [1.165, 1.54) is 11.3 Å². The molecule has 0 spiro atoms. The Bertz CT molecular complexity index is 540.